The molecule has 0 amide bonds. The molecule has 0 saturated heterocycles. The van der Waals surface area contributed by atoms with Crippen LogP contribution in [0.5, 0.6) is 0 Å². The van der Waals surface area contributed by atoms with Gasteiger partial charge in [0, 0.05) is 26.0 Å². The third kappa shape index (κ3) is 2.40. The Kier molecular flexibility index (Phi) is 3.20. The number of hydrogen-bond donors (Lipinski definition) is 2. The smallest absolute Gasteiger partial charge is 0.180 e. The van der Waals surface area contributed by atoms with Gasteiger partial charge >= 0.3 is 0 Å². The average molecular weight is 271 g/mol. The molecule has 0 aliphatic heterocycles. The molecule has 5 nitrogen and oxygen atoms in total. The Labute approximate surface area is 115 Å². The number of imidazole rings is 1. The Morgan fingerprint density at radius 1 is 1.35 bits per heavy atom. The SMILES string of the molecule is CNc1cn2ccnc2c(NCc2cccc(F)c2)n1. The summed E-state index contributed by atoms with van der Waals surface area (Å²) in [6.45, 7) is 0.487. The highest BCUT2D eigenvalue weighted by atomic mass is 19.1. The molecule has 0 aliphatic rings. The summed E-state index contributed by atoms with van der Waals surface area (Å²) in [5, 5.41) is 6.19. The van der Waals surface area contributed by atoms with E-state index in [4.69, 9.17) is 0 Å². The highest BCUT2D eigenvalue weighted by Crippen LogP contribution is 2.17. The number of fused-ring (bicyclic) bond motifs is 1. The van der Waals surface area contributed by atoms with Gasteiger partial charge in [0.05, 0.1) is 6.20 Å². The van der Waals surface area contributed by atoms with Gasteiger partial charge in [0.2, 0.25) is 0 Å². The Bertz CT molecular complexity index is 737. The monoisotopic (exact) mass is 271 g/mol. The van der Waals surface area contributed by atoms with Gasteiger partial charge in [-0.15, -0.1) is 0 Å². The summed E-state index contributed by atoms with van der Waals surface area (Å²) in [4.78, 5) is 8.69. The number of nitrogens with zero attached hydrogens (tertiary/aromatic N) is 3. The maximum absolute atomic E-state index is 13.1. The number of hydrogen-bond acceptors (Lipinski definition) is 4. The van der Waals surface area contributed by atoms with Crippen molar-refractivity contribution in [1.82, 2.24) is 14.4 Å². The van der Waals surface area contributed by atoms with Gasteiger partial charge in [0.25, 0.3) is 0 Å². The summed E-state index contributed by atoms with van der Waals surface area (Å²) in [5.74, 6) is 1.15. The summed E-state index contributed by atoms with van der Waals surface area (Å²) in [6.07, 6.45) is 5.42. The van der Waals surface area contributed by atoms with Crippen LogP contribution in [-0.4, -0.2) is 21.4 Å². The van der Waals surface area contributed by atoms with Crippen LogP contribution in [0.15, 0.2) is 42.9 Å². The van der Waals surface area contributed by atoms with Crippen LogP contribution in [0, 0.1) is 5.82 Å². The Hall–Kier alpha value is -2.63. The van der Waals surface area contributed by atoms with E-state index in [2.05, 4.69) is 20.6 Å². The van der Waals surface area contributed by atoms with E-state index in [0.29, 0.717) is 12.4 Å². The number of aromatic nitrogens is 3. The number of halogens is 1. The van der Waals surface area contributed by atoms with Crippen LogP contribution in [0.3, 0.4) is 0 Å². The van der Waals surface area contributed by atoms with E-state index in [-0.39, 0.29) is 5.82 Å². The number of rotatable bonds is 4. The second-order valence-corrected chi connectivity index (χ2v) is 4.37. The zero-order valence-electron chi connectivity index (χ0n) is 11.0. The second-order valence-electron chi connectivity index (χ2n) is 4.37. The fourth-order valence-electron chi connectivity index (χ4n) is 2.00. The zero-order chi connectivity index (χ0) is 13.9. The Morgan fingerprint density at radius 2 is 2.25 bits per heavy atom. The van der Waals surface area contributed by atoms with Crippen molar-refractivity contribution in [2.75, 3.05) is 17.7 Å². The first kappa shape index (κ1) is 12.4. The van der Waals surface area contributed by atoms with Crippen LogP contribution < -0.4 is 10.6 Å². The molecular formula is C14H14FN5. The molecule has 0 radical (unpaired) electrons. The average Bonchev–Trinajstić information content (AvgIpc) is 2.93. The molecule has 3 rings (SSSR count). The van der Waals surface area contributed by atoms with E-state index in [9.17, 15) is 4.39 Å². The fourth-order valence-corrected chi connectivity index (χ4v) is 2.00. The van der Waals surface area contributed by atoms with E-state index in [1.807, 2.05) is 22.9 Å². The lowest BCUT2D eigenvalue weighted by atomic mass is 10.2. The molecule has 0 fully saturated rings. The van der Waals surface area contributed by atoms with Gasteiger partial charge in [-0.05, 0) is 17.7 Å². The van der Waals surface area contributed by atoms with Crippen molar-refractivity contribution in [3.05, 3.63) is 54.2 Å². The topological polar surface area (TPSA) is 54.2 Å². The van der Waals surface area contributed by atoms with Gasteiger partial charge in [-0.2, -0.15) is 0 Å². The third-order valence-electron chi connectivity index (χ3n) is 2.98. The first-order valence-corrected chi connectivity index (χ1v) is 6.26. The minimum Gasteiger partial charge on any atom is -0.372 e. The maximum atomic E-state index is 13.1. The molecule has 6 heteroatoms. The summed E-state index contributed by atoms with van der Waals surface area (Å²) < 4.78 is 15.0. The lowest BCUT2D eigenvalue weighted by molar-refractivity contribution is 0.626. The molecule has 0 unspecified atom stereocenters. The van der Waals surface area contributed by atoms with Crippen molar-refractivity contribution in [3.63, 3.8) is 0 Å². The minimum absolute atomic E-state index is 0.243. The van der Waals surface area contributed by atoms with Gasteiger partial charge in [-0.3, -0.25) is 0 Å². The Morgan fingerprint density at radius 3 is 3.05 bits per heavy atom. The largest absolute Gasteiger partial charge is 0.372 e. The zero-order valence-corrected chi connectivity index (χ0v) is 11.0. The summed E-state index contributed by atoms with van der Waals surface area (Å²) in [6, 6.07) is 6.48. The van der Waals surface area contributed by atoms with Crippen molar-refractivity contribution >= 4 is 17.3 Å². The molecule has 2 heterocycles. The summed E-state index contributed by atoms with van der Waals surface area (Å²) in [7, 11) is 1.81. The number of benzene rings is 1. The molecular weight excluding hydrogens is 257 g/mol. The first-order valence-electron chi connectivity index (χ1n) is 6.26. The van der Waals surface area contributed by atoms with E-state index >= 15 is 0 Å². The lowest BCUT2D eigenvalue weighted by Gasteiger charge is -2.09. The molecule has 3 aromatic rings. The maximum Gasteiger partial charge on any atom is 0.180 e. The molecule has 2 aromatic heterocycles. The molecule has 0 aliphatic carbocycles. The van der Waals surface area contributed by atoms with Gasteiger partial charge in [-0.25, -0.2) is 14.4 Å². The van der Waals surface area contributed by atoms with Gasteiger partial charge in [0.15, 0.2) is 11.5 Å². The minimum atomic E-state index is -0.243. The predicted molar refractivity (Wildman–Crippen MR) is 76.3 cm³/mol. The number of nitrogens with one attached hydrogen (secondary N) is 2. The highest BCUT2D eigenvalue weighted by molar-refractivity contribution is 5.65. The molecule has 102 valence electrons. The predicted octanol–water partition coefficient (Wildman–Crippen LogP) is 2.52. The standard InChI is InChI=1S/C14H14FN5/c1-16-12-9-20-6-5-17-14(20)13(19-12)18-8-10-3-2-4-11(15)7-10/h2-7,9,16H,8H2,1H3,(H,18,19). The molecule has 0 bridgehead atoms. The van der Waals surface area contributed by atoms with Crippen LogP contribution in [0.2, 0.25) is 0 Å². The summed E-state index contributed by atoms with van der Waals surface area (Å²) in [5.41, 5.74) is 1.59. The van der Waals surface area contributed by atoms with Crippen molar-refractivity contribution in [1.29, 1.82) is 0 Å². The molecule has 0 spiro atoms. The lowest BCUT2D eigenvalue weighted by Crippen LogP contribution is -2.06. The first-order chi connectivity index (χ1) is 9.76. The van der Waals surface area contributed by atoms with E-state index in [1.165, 1.54) is 12.1 Å². The molecule has 0 saturated carbocycles. The molecule has 0 atom stereocenters. The van der Waals surface area contributed by atoms with Gasteiger partial charge in [0.1, 0.15) is 11.6 Å². The molecule has 2 N–H and O–H groups in total. The normalized spacial score (nSPS) is 10.7. The van der Waals surface area contributed by atoms with Crippen LogP contribution in [0.1, 0.15) is 5.56 Å². The van der Waals surface area contributed by atoms with Crippen molar-refractivity contribution in [3.8, 4) is 0 Å². The van der Waals surface area contributed by atoms with Crippen LogP contribution >= 0.6 is 0 Å². The Balaban J connectivity index is 1.88. The van der Waals surface area contributed by atoms with Gasteiger partial charge in [-0.1, -0.05) is 12.1 Å². The van der Waals surface area contributed by atoms with Crippen LogP contribution in [0.4, 0.5) is 16.0 Å². The van der Waals surface area contributed by atoms with Crippen LogP contribution in [-0.2, 0) is 6.54 Å². The fraction of sp³-hybridized carbons (Fsp3) is 0.143. The van der Waals surface area contributed by atoms with Crippen molar-refractivity contribution in [2.24, 2.45) is 0 Å². The third-order valence-corrected chi connectivity index (χ3v) is 2.98. The highest BCUT2D eigenvalue weighted by Gasteiger charge is 2.06. The summed E-state index contributed by atoms with van der Waals surface area (Å²) >= 11 is 0. The quantitative estimate of drug-likeness (QED) is 0.765. The molecule has 20 heavy (non-hydrogen) atoms. The van der Waals surface area contributed by atoms with E-state index < -0.39 is 0 Å². The van der Waals surface area contributed by atoms with E-state index in [0.717, 1.165) is 17.0 Å². The van der Waals surface area contributed by atoms with Gasteiger partial charge < -0.3 is 15.0 Å². The van der Waals surface area contributed by atoms with Crippen molar-refractivity contribution < 1.29 is 4.39 Å². The van der Waals surface area contributed by atoms with E-state index in [1.54, 1.807) is 19.3 Å². The van der Waals surface area contributed by atoms with Crippen LogP contribution in [0.25, 0.3) is 5.65 Å². The van der Waals surface area contributed by atoms with Crippen molar-refractivity contribution in [2.45, 2.75) is 6.54 Å². The number of anilines is 2. The molecule has 1 aromatic carbocycles. The second kappa shape index (κ2) is 5.16.